The molecule has 3 rings (SSSR count). The topological polar surface area (TPSA) is 147 Å². The molecule has 0 atom stereocenters. The first kappa shape index (κ1) is 27.7. The lowest BCUT2D eigenvalue weighted by atomic mass is 10.2. The number of carbonyl (C=O) groups excluding carboxylic acids is 1. The van der Waals surface area contributed by atoms with Gasteiger partial charge in [0, 0.05) is 64.3 Å². The van der Waals surface area contributed by atoms with Crippen LogP contribution in [0.2, 0.25) is 0 Å². The molecule has 2 aromatic heterocycles. The molecule has 1 aliphatic rings. The van der Waals surface area contributed by atoms with E-state index in [9.17, 15) is 4.79 Å². The second-order valence-corrected chi connectivity index (χ2v) is 7.68. The van der Waals surface area contributed by atoms with Crippen molar-refractivity contribution in [2.45, 2.75) is 13.3 Å². The van der Waals surface area contributed by atoms with Crippen LogP contribution in [-0.4, -0.2) is 88.0 Å². The third kappa shape index (κ3) is 8.95. The van der Waals surface area contributed by atoms with E-state index in [0.717, 1.165) is 68.5 Å². The van der Waals surface area contributed by atoms with Gasteiger partial charge in [0.25, 0.3) is 0 Å². The lowest BCUT2D eigenvalue weighted by Crippen LogP contribution is -2.31. The van der Waals surface area contributed by atoms with Crippen molar-refractivity contribution in [3.8, 4) is 0 Å². The van der Waals surface area contributed by atoms with Crippen LogP contribution in [0, 0.1) is 0 Å². The molecule has 0 saturated carbocycles. The summed E-state index contributed by atoms with van der Waals surface area (Å²) in [5.74, 6) is 1.18. The second kappa shape index (κ2) is 15.4. The minimum absolute atomic E-state index is 0.107. The number of likely N-dealkylation sites (N-methyl/N-ethyl adjacent to an activating group) is 2. The van der Waals surface area contributed by atoms with Crippen molar-refractivity contribution >= 4 is 35.2 Å². The molecule has 5 N–H and O–H groups in total. The van der Waals surface area contributed by atoms with E-state index in [1.807, 2.05) is 25.2 Å². The van der Waals surface area contributed by atoms with E-state index in [-0.39, 0.29) is 5.84 Å². The Labute approximate surface area is 207 Å². The van der Waals surface area contributed by atoms with Gasteiger partial charge in [-0.2, -0.15) is 0 Å². The lowest BCUT2D eigenvalue weighted by Gasteiger charge is -2.23. The number of ether oxygens (including phenoxy) is 1. The molecule has 0 unspecified atom stereocenters. The maximum absolute atomic E-state index is 10.5. The zero-order valence-corrected chi connectivity index (χ0v) is 20.9. The number of hydrogen-bond acceptors (Lipinski definition) is 9. The van der Waals surface area contributed by atoms with E-state index in [0.29, 0.717) is 18.7 Å². The Balaban J connectivity index is 0.000000269. The van der Waals surface area contributed by atoms with E-state index in [1.54, 1.807) is 25.6 Å². The first-order valence-corrected chi connectivity index (χ1v) is 11.7. The molecule has 0 bridgehead atoms. The molecular formula is C24H37N9O2. The number of amidine groups is 2. The number of anilines is 3. The van der Waals surface area contributed by atoms with Crippen LogP contribution in [0.15, 0.2) is 46.8 Å². The fourth-order valence-corrected chi connectivity index (χ4v) is 3.46. The number of aromatic nitrogens is 2. The summed E-state index contributed by atoms with van der Waals surface area (Å²) in [6.45, 7) is 8.25. The number of nitrogen functional groups attached to an aromatic ring is 1. The van der Waals surface area contributed by atoms with Crippen LogP contribution < -0.4 is 26.6 Å². The summed E-state index contributed by atoms with van der Waals surface area (Å²) in [7, 11) is 3.54. The predicted octanol–water partition coefficient (Wildman–Crippen LogP) is 0.950. The molecule has 0 radical (unpaired) electrons. The van der Waals surface area contributed by atoms with Gasteiger partial charge in [0.1, 0.15) is 5.82 Å². The summed E-state index contributed by atoms with van der Waals surface area (Å²) in [6, 6.07) is 5.74. The van der Waals surface area contributed by atoms with Crippen LogP contribution in [0.5, 0.6) is 0 Å². The van der Waals surface area contributed by atoms with Gasteiger partial charge >= 0.3 is 0 Å². The SMILES string of the molecule is CCN(CCNC)c1ccncc1N.CN=C(N=C(N)C=O)c1ccc(N2CCCOCC2)nc1. The Morgan fingerprint density at radius 1 is 1.29 bits per heavy atom. The van der Waals surface area contributed by atoms with Crippen LogP contribution in [0.4, 0.5) is 17.2 Å². The van der Waals surface area contributed by atoms with Crippen LogP contribution in [0.1, 0.15) is 18.9 Å². The van der Waals surface area contributed by atoms with Gasteiger partial charge < -0.3 is 31.3 Å². The maximum Gasteiger partial charge on any atom is 0.184 e. The molecule has 11 heteroatoms. The third-order valence-corrected chi connectivity index (χ3v) is 5.30. The standard InChI is InChI=1S/C14H19N5O2.C10H18N4/c1-16-14(18-12(15)10-20)11-3-4-13(17-9-11)19-5-2-7-21-8-6-19;1-3-14(7-6-12-2)10-4-5-13-8-9(10)11/h3-4,9-10H,2,5-8H2,1H3,(H2,15,16,18);4-5,8,12H,3,6-7,11H2,1-2H3. The average Bonchev–Trinajstić information content (AvgIpc) is 3.19. The van der Waals surface area contributed by atoms with Crippen LogP contribution in [-0.2, 0) is 9.53 Å². The highest BCUT2D eigenvalue weighted by molar-refractivity contribution is 6.29. The number of pyridine rings is 2. The van der Waals surface area contributed by atoms with Gasteiger partial charge in [0.2, 0.25) is 0 Å². The van der Waals surface area contributed by atoms with Crippen molar-refractivity contribution in [1.29, 1.82) is 0 Å². The van der Waals surface area contributed by atoms with Crippen molar-refractivity contribution in [2.75, 3.05) is 75.6 Å². The van der Waals surface area contributed by atoms with Gasteiger partial charge in [-0.25, -0.2) is 9.98 Å². The molecule has 1 saturated heterocycles. The summed E-state index contributed by atoms with van der Waals surface area (Å²) in [6.07, 6.45) is 6.63. The Bertz CT molecular complexity index is 956. The van der Waals surface area contributed by atoms with E-state index in [1.165, 1.54) is 0 Å². The van der Waals surface area contributed by atoms with Crippen molar-refractivity contribution in [3.63, 3.8) is 0 Å². The van der Waals surface area contributed by atoms with Crippen molar-refractivity contribution in [3.05, 3.63) is 42.4 Å². The zero-order chi connectivity index (χ0) is 25.5. The summed E-state index contributed by atoms with van der Waals surface area (Å²) >= 11 is 0. The van der Waals surface area contributed by atoms with Crippen molar-refractivity contribution in [1.82, 2.24) is 15.3 Å². The number of nitrogens with one attached hydrogen (secondary N) is 1. The Morgan fingerprint density at radius 3 is 2.74 bits per heavy atom. The van der Waals surface area contributed by atoms with E-state index in [4.69, 9.17) is 16.2 Å². The number of aliphatic imine (C=N–C) groups is 2. The zero-order valence-electron chi connectivity index (χ0n) is 20.9. The predicted molar refractivity (Wildman–Crippen MR) is 142 cm³/mol. The smallest absolute Gasteiger partial charge is 0.184 e. The molecule has 0 aliphatic carbocycles. The number of carbonyl (C=O) groups is 1. The first-order valence-electron chi connectivity index (χ1n) is 11.7. The Hall–Kier alpha value is -3.57. The van der Waals surface area contributed by atoms with Crippen molar-refractivity contribution < 1.29 is 9.53 Å². The fraction of sp³-hybridized carbons (Fsp3) is 0.458. The highest BCUT2D eigenvalue weighted by Gasteiger charge is 2.12. The van der Waals surface area contributed by atoms with Gasteiger partial charge in [-0.1, -0.05) is 0 Å². The van der Waals surface area contributed by atoms with Crippen LogP contribution in [0.25, 0.3) is 0 Å². The monoisotopic (exact) mass is 483 g/mol. The Kier molecular flexibility index (Phi) is 12.1. The quantitative estimate of drug-likeness (QED) is 0.283. The highest BCUT2D eigenvalue weighted by Crippen LogP contribution is 2.20. The van der Waals surface area contributed by atoms with Crippen LogP contribution in [0.3, 0.4) is 0 Å². The largest absolute Gasteiger partial charge is 0.396 e. The van der Waals surface area contributed by atoms with Crippen LogP contribution >= 0.6 is 0 Å². The fourth-order valence-electron chi connectivity index (χ4n) is 3.46. The van der Waals surface area contributed by atoms with E-state index < -0.39 is 0 Å². The lowest BCUT2D eigenvalue weighted by molar-refractivity contribution is -0.102. The van der Waals surface area contributed by atoms with E-state index >= 15 is 0 Å². The van der Waals surface area contributed by atoms with Gasteiger partial charge in [0.15, 0.2) is 18.0 Å². The maximum atomic E-state index is 10.5. The molecule has 35 heavy (non-hydrogen) atoms. The van der Waals surface area contributed by atoms with Gasteiger partial charge in [-0.3, -0.25) is 14.8 Å². The van der Waals surface area contributed by atoms with Gasteiger partial charge in [-0.05, 0) is 38.6 Å². The highest BCUT2D eigenvalue weighted by atomic mass is 16.5. The summed E-state index contributed by atoms with van der Waals surface area (Å²) in [5, 5.41) is 3.12. The molecule has 2 aromatic rings. The van der Waals surface area contributed by atoms with Gasteiger partial charge in [0.05, 0.1) is 24.2 Å². The van der Waals surface area contributed by atoms with Gasteiger partial charge in [-0.15, -0.1) is 0 Å². The molecule has 1 aliphatic heterocycles. The number of hydrogen-bond donors (Lipinski definition) is 3. The molecular weight excluding hydrogens is 446 g/mol. The number of nitrogens with zero attached hydrogens (tertiary/aromatic N) is 6. The number of nitrogens with two attached hydrogens (primary N) is 2. The third-order valence-electron chi connectivity index (χ3n) is 5.30. The second-order valence-electron chi connectivity index (χ2n) is 7.68. The van der Waals surface area contributed by atoms with E-state index in [2.05, 4.69) is 42.0 Å². The first-order chi connectivity index (χ1) is 17.0. The minimum atomic E-state index is -0.107. The Morgan fingerprint density at radius 2 is 2.11 bits per heavy atom. The molecule has 0 amide bonds. The molecule has 11 nitrogen and oxygen atoms in total. The molecule has 0 aromatic carbocycles. The minimum Gasteiger partial charge on any atom is -0.396 e. The number of aldehydes is 1. The normalized spacial score (nSPS) is 14.5. The number of rotatable bonds is 8. The summed E-state index contributed by atoms with van der Waals surface area (Å²) in [4.78, 5) is 31.3. The molecule has 190 valence electrons. The molecule has 1 fully saturated rings. The average molecular weight is 484 g/mol. The summed E-state index contributed by atoms with van der Waals surface area (Å²) in [5.41, 5.74) is 13.8. The summed E-state index contributed by atoms with van der Waals surface area (Å²) < 4.78 is 5.43. The van der Waals surface area contributed by atoms with Crippen molar-refractivity contribution in [2.24, 2.45) is 15.7 Å². The molecule has 0 spiro atoms. The molecule has 3 heterocycles.